The maximum Gasteiger partial charge on any atom is 0.350 e. The number of halogens is 4. The van der Waals surface area contributed by atoms with E-state index in [0.29, 0.717) is 22.4 Å². The minimum atomic E-state index is -1.65. The van der Waals surface area contributed by atoms with Crippen molar-refractivity contribution >= 4 is 70.1 Å². The summed E-state index contributed by atoms with van der Waals surface area (Å²) in [7, 11) is 1.55. The second kappa shape index (κ2) is 8.41. The summed E-state index contributed by atoms with van der Waals surface area (Å²) >= 11 is 24.7. The predicted octanol–water partition coefficient (Wildman–Crippen LogP) is 5.98. The molecular formula is C16H19Cl4N3O2S. The van der Waals surface area contributed by atoms with Gasteiger partial charge in [0, 0.05) is 17.6 Å². The highest BCUT2D eigenvalue weighted by Crippen LogP contribution is 2.44. The number of ether oxygens (including phenoxy) is 1. The number of hydrazine groups is 1. The van der Waals surface area contributed by atoms with Crippen LogP contribution in [0.2, 0.25) is 5.02 Å². The molecule has 2 aliphatic rings. The van der Waals surface area contributed by atoms with Crippen LogP contribution in [0.1, 0.15) is 32.1 Å². The Morgan fingerprint density at radius 1 is 1.23 bits per heavy atom. The zero-order valence-electron chi connectivity index (χ0n) is 14.1. The van der Waals surface area contributed by atoms with Crippen molar-refractivity contribution in [3.63, 3.8) is 0 Å². The summed E-state index contributed by atoms with van der Waals surface area (Å²) in [6.45, 7) is 0. The molecule has 1 atom stereocenters. The van der Waals surface area contributed by atoms with Gasteiger partial charge in [0.25, 0.3) is 3.12 Å². The van der Waals surface area contributed by atoms with Crippen LogP contribution in [0.25, 0.3) is 0 Å². The summed E-state index contributed by atoms with van der Waals surface area (Å²) in [6.07, 6.45) is 5.37. The molecule has 1 aromatic carbocycles. The van der Waals surface area contributed by atoms with Crippen LogP contribution in [-0.2, 0) is 0 Å². The van der Waals surface area contributed by atoms with Gasteiger partial charge in [-0.05, 0) is 37.0 Å². The van der Waals surface area contributed by atoms with Crippen LogP contribution in [0.4, 0.5) is 10.5 Å². The molecule has 0 aromatic heterocycles. The third kappa shape index (κ3) is 4.59. The molecule has 1 heterocycles. The summed E-state index contributed by atoms with van der Waals surface area (Å²) < 4.78 is 4.85. The molecule has 2 fully saturated rings. The number of anilines is 1. The van der Waals surface area contributed by atoms with Crippen molar-refractivity contribution in [1.29, 1.82) is 0 Å². The molecule has 0 spiro atoms. The van der Waals surface area contributed by atoms with E-state index in [1.54, 1.807) is 24.1 Å². The fourth-order valence-electron chi connectivity index (χ4n) is 3.46. The fourth-order valence-corrected chi connectivity index (χ4v) is 4.87. The lowest BCUT2D eigenvalue weighted by molar-refractivity contribution is 0.234. The first-order chi connectivity index (χ1) is 12.3. The SMILES string of the molecule is COc1ccc(N2C(=O)N(SC(Cl)(Cl)Cl)NC2C2CCCCC2)cc1Cl. The molecule has 3 rings (SSSR count). The molecule has 5 nitrogen and oxygen atoms in total. The Balaban J connectivity index is 1.91. The highest BCUT2D eigenvalue weighted by molar-refractivity contribution is 8.03. The quantitative estimate of drug-likeness (QED) is 0.445. The van der Waals surface area contributed by atoms with Gasteiger partial charge in [-0.15, -0.1) is 0 Å². The van der Waals surface area contributed by atoms with E-state index in [9.17, 15) is 4.79 Å². The van der Waals surface area contributed by atoms with Crippen molar-refractivity contribution in [3.8, 4) is 5.75 Å². The standard InChI is InChI=1S/C16H19Cl4N3O2S/c1-25-13-8-7-11(9-12(13)17)22-14(10-5-3-2-4-6-10)21-23(15(22)24)26-16(18,19)20/h7-10,14,21H,2-6H2,1H3. The van der Waals surface area contributed by atoms with Crippen LogP contribution in [0.3, 0.4) is 0 Å². The van der Waals surface area contributed by atoms with E-state index in [0.717, 1.165) is 37.6 Å². The molecule has 2 amide bonds. The van der Waals surface area contributed by atoms with E-state index in [1.165, 1.54) is 10.8 Å². The second-order valence-electron chi connectivity index (χ2n) is 6.27. The van der Waals surface area contributed by atoms with Crippen LogP contribution in [0, 0.1) is 5.92 Å². The summed E-state index contributed by atoms with van der Waals surface area (Å²) in [6, 6.07) is 4.98. The van der Waals surface area contributed by atoms with Crippen LogP contribution >= 0.6 is 58.4 Å². The van der Waals surface area contributed by atoms with Gasteiger partial charge in [-0.1, -0.05) is 65.7 Å². The van der Waals surface area contributed by atoms with E-state index in [-0.39, 0.29) is 12.2 Å². The summed E-state index contributed by atoms with van der Waals surface area (Å²) in [5.74, 6) is 0.867. The molecule has 26 heavy (non-hydrogen) atoms. The molecular weight excluding hydrogens is 440 g/mol. The minimum Gasteiger partial charge on any atom is -0.495 e. The smallest absolute Gasteiger partial charge is 0.350 e. The number of amides is 2. The summed E-state index contributed by atoms with van der Waals surface area (Å²) in [4.78, 5) is 14.7. The Morgan fingerprint density at radius 3 is 2.50 bits per heavy atom. The van der Waals surface area contributed by atoms with Gasteiger partial charge < -0.3 is 4.74 Å². The highest BCUT2D eigenvalue weighted by Gasteiger charge is 2.45. The Labute approximate surface area is 177 Å². The number of alkyl halides is 3. The fraction of sp³-hybridized carbons (Fsp3) is 0.562. The number of nitrogens with one attached hydrogen (secondary N) is 1. The zero-order chi connectivity index (χ0) is 18.9. The van der Waals surface area contributed by atoms with Gasteiger partial charge in [-0.2, -0.15) is 9.84 Å². The Hall–Kier alpha value is -0.240. The number of benzene rings is 1. The normalized spacial score (nSPS) is 22.2. The molecule has 1 aliphatic heterocycles. The Bertz CT molecular complexity index is 667. The highest BCUT2D eigenvalue weighted by atomic mass is 35.6. The molecule has 1 saturated carbocycles. The van der Waals surface area contributed by atoms with Crippen molar-refractivity contribution in [3.05, 3.63) is 23.2 Å². The van der Waals surface area contributed by atoms with Crippen LogP contribution < -0.4 is 15.1 Å². The van der Waals surface area contributed by atoms with Gasteiger partial charge in [0.15, 0.2) is 0 Å². The maximum absolute atomic E-state index is 13.0. The van der Waals surface area contributed by atoms with Crippen molar-refractivity contribution in [1.82, 2.24) is 9.84 Å². The first-order valence-electron chi connectivity index (χ1n) is 8.29. The van der Waals surface area contributed by atoms with Gasteiger partial charge in [-0.3, -0.25) is 4.90 Å². The molecule has 144 valence electrons. The van der Waals surface area contributed by atoms with E-state index in [1.807, 2.05) is 6.07 Å². The molecule has 1 aliphatic carbocycles. The van der Waals surface area contributed by atoms with Gasteiger partial charge in [0.1, 0.15) is 11.9 Å². The van der Waals surface area contributed by atoms with Crippen LogP contribution in [-0.4, -0.2) is 26.8 Å². The third-order valence-corrected chi connectivity index (χ3v) is 6.18. The second-order valence-corrected chi connectivity index (χ2v) is 10.8. The van der Waals surface area contributed by atoms with Gasteiger partial charge in [-0.25, -0.2) is 4.79 Å². The average molecular weight is 459 g/mol. The lowest BCUT2D eigenvalue weighted by Gasteiger charge is -2.32. The van der Waals surface area contributed by atoms with Crippen molar-refractivity contribution in [2.75, 3.05) is 12.0 Å². The number of rotatable bonds is 4. The van der Waals surface area contributed by atoms with Gasteiger partial charge in [0.2, 0.25) is 0 Å². The molecule has 1 saturated heterocycles. The van der Waals surface area contributed by atoms with E-state index in [4.69, 9.17) is 51.1 Å². The monoisotopic (exact) mass is 457 g/mol. The first-order valence-corrected chi connectivity index (χ1v) is 10.6. The lowest BCUT2D eigenvalue weighted by Crippen LogP contribution is -2.44. The number of hydrogen-bond donors (Lipinski definition) is 1. The van der Waals surface area contributed by atoms with E-state index >= 15 is 0 Å². The van der Waals surface area contributed by atoms with Crippen LogP contribution in [0.15, 0.2) is 18.2 Å². The Morgan fingerprint density at radius 2 is 1.92 bits per heavy atom. The maximum atomic E-state index is 13.0. The van der Waals surface area contributed by atoms with E-state index in [2.05, 4.69) is 5.43 Å². The molecule has 1 unspecified atom stereocenters. The minimum absolute atomic E-state index is 0.216. The molecule has 0 radical (unpaired) electrons. The van der Waals surface area contributed by atoms with Gasteiger partial charge in [0.05, 0.1) is 12.1 Å². The van der Waals surface area contributed by atoms with Crippen molar-refractivity contribution in [2.24, 2.45) is 5.92 Å². The average Bonchev–Trinajstić information content (AvgIpc) is 2.90. The summed E-state index contributed by atoms with van der Waals surface area (Å²) in [5, 5.41) is 0.438. The number of carbonyl (C=O) groups excluding carboxylic acids is 1. The summed E-state index contributed by atoms with van der Waals surface area (Å²) in [5.41, 5.74) is 3.89. The van der Waals surface area contributed by atoms with Crippen LogP contribution in [0.5, 0.6) is 5.75 Å². The number of nitrogens with zero attached hydrogens (tertiary/aromatic N) is 2. The number of carbonyl (C=O) groups is 1. The zero-order valence-corrected chi connectivity index (χ0v) is 17.9. The third-order valence-electron chi connectivity index (χ3n) is 4.61. The van der Waals surface area contributed by atoms with Crippen molar-refractivity contribution < 1.29 is 9.53 Å². The van der Waals surface area contributed by atoms with Gasteiger partial charge >= 0.3 is 6.03 Å². The van der Waals surface area contributed by atoms with Crippen molar-refractivity contribution in [2.45, 2.75) is 41.4 Å². The topological polar surface area (TPSA) is 44.8 Å². The molecule has 1 N–H and O–H groups in total. The largest absolute Gasteiger partial charge is 0.495 e. The number of hydrogen-bond acceptors (Lipinski definition) is 4. The number of methoxy groups -OCH3 is 1. The molecule has 1 aromatic rings. The Kier molecular flexibility index (Phi) is 6.63. The molecule has 10 heteroatoms. The first kappa shape index (κ1) is 20.5. The predicted molar refractivity (Wildman–Crippen MR) is 109 cm³/mol. The lowest BCUT2D eigenvalue weighted by atomic mass is 9.86. The number of urea groups is 1. The van der Waals surface area contributed by atoms with E-state index < -0.39 is 3.12 Å². The molecule has 0 bridgehead atoms.